The third kappa shape index (κ3) is 4.13. The van der Waals surface area contributed by atoms with Crippen molar-refractivity contribution in [1.82, 2.24) is 9.80 Å². The van der Waals surface area contributed by atoms with Crippen LogP contribution in [0.4, 0.5) is 0 Å². The van der Waals surface area contributed by atoms with Crippen LogP contribution in [0.25, 0.3) is 0 Å². The second-order valence-corrected chi connectivity index (χ2v) is 8.24. The summed E-state index contributed by atoms with van der Waals surface area (Å²) in [5.41, 5.74) is 4.24. The second kappa shape index (κ2) is 8.28. The summed E-state index contributed by atoms with van der Waals surface area (Å²) in [5.74, 6) is 1.79. The zero-order valence-corrected chi connectivity index (χ0v) is 16.0. The zero-order chi connectivity index (χ0) is 17.8. The van der Waals surface area contributed by atoms with Gasteiger partial charge < -0.3 is 4.90 Å². The van der Waals surface area contributed by atoms with Crippen molar-refractivity contribution in [3.63, 3.8) is 0 Å². The highest BCUT2D eigenvalue weighted by molar-refractivity contribution is 7.99. The van der Waals surface area contributed by atoms with Gasteiger partial charge in [0.25, 0.3) is 0 Å². The molecule has 1 unspecified atom stereocenters. The molecule has 0 bridgehead atoms. The van der Waals surface area contributed by atoms with Gasteiger partial charge in [-0.1, -0.05) is 54.6 Å². The summed E-state index contributed by atoms with van der Waals surface area (Å²) in [6.45, 7) is 3.96. The van der Waals surface area contributed by atoms with Gasteiger partial charge in [-0.15, -0.1) is 11.8 Å². The van der Waals surface area contributed by atoms with E-state index in [-0.39, 0.29) is 0 Å². The number of hydrogen-bond acceptors (Lipinski definition) is 3. The van der Waals surface area contributed by atoms with Gasteiger partial charge >= 0.3 is 0 Å². The van der Waals surface area contributed by atoms with Gasteiger partial charge in [0.2, 0.25) is 5.91 Å². The fourth-order valence-electron chi connectivity index (χ4n) is 4.02. The molecule has 4 rings (SSSR count). The van der Waals surface area contributed by atoms with Crippen LogP contribution in [0.15, 0.2) is 54.6 Å². The monoisotopic (exact) mass is 366 g/mol. The molecule has 0 N–H and O–H groups in total. The molecule has 26 heavy (non-hydrogen) atoms. The van der Waals surface area contributed by atoms with Crippen molar-refractivity contribution in [1.29, 1.82) is 0 Å². The van der Waals surface area contributed by atoms with Crippen molar-refractivity contribution < 1.29 is 4.79 Å². The van der Waals surface area contributed by atoms with Gasteiger partial charge in [-0.3, -0.25) is 9.69 Å². The molecule has 2 aromatic carbocycles. The molecule has 0 spiro atoms. The Morgan fingerprint density at radius 3 is 2.62 bits per heavy atom. The maximum absolute atomic E-state index is 12.5. The molecule has 0 saturated carbocycles. The Kier molecular flexibility index (Phi) is 5.61. The molecule has 2 aromatic rings. The molecule has 0 aromatic heterocycles. The average Bonchev–Trinajstić information content (AvgIpc) is 3.19. The van der Waals surface area contributed by atoms with Crippen molar-refractivity contribution in [3.8, 4) is 0 Å². The highest BCUT2D eigenvalue weighted by Gasteiger charge is 2.31. The molecule has 0 aliphatic carbocycles. The predicted octanol–water partition coefficient (Wildman–Crippen LogP) is 3.58. The zero-order valence-electron chi connectivity index (χ0n) is 15.1. The van der Waals surface area contributed by atoms with Crippen LogP contribution < -0.4 is 0 Å². The molecule has 1 fully saturated rings. The Hall–Kier alpha value is -1.78. The fourth-order valence-corrected chi connectivity index (χ4v) is 4.90. The number of likely N-dealkylation sites (tertiary alicyclic amines) is 1. The van der Waals surface area contributed by atoms with Crippen LogP contribution >= 0.6 is 11.8 Å². The number of rotatable bonds is 5. The van der Waals surface area contributed by atoms with Crippen molar-refractivity contribution >= 4 is 17.7 Å². The topological polar surface area (TPSA) is 23.6 Å². The van der Waals surface area contributed by atoms with E-state index in [1.807, 2.05) is 6.07 Å². The SMILES string of the molecule is O=C(CSCc1ccccc1)N1CCC(N2CCc3ccccc3C2)C1. The van der Waals surface area contributed by atoms with Crippen LogP contribution in [-0.4, -0.2) is 47.1 Å². The first kappa shape index (κ1) is 17.6. The summed E-state index contributed by atoms with van der Waals surface area (Å²) in [6.07, 6.45) is 2.24. The number of fused-ring (bicyclic) bond motifs is 1. The van der Waals surface area contributed by atoms with E-state index >= 15 is 0 Å². The predicted molar refractivity (Wildman–Crippen MR) is 108 cm³/mol. The summed E-state index contributed by atoms with van der Waals surface area (Å²) in [7, 11) is 0. The van der Waals surface area contributed by atoms with E-state index < -0.39 is 0 Å². The lowest BCUT2D eigenvalue weighted by molar-refractivity contribution is -0.127. The van der Waals surface area contributed by atoms with E-state index in [0.29, 0.717) is 17.7 Å². The summed E-state index contributed by atoms with van der Waals surface area (Å²) in [6, 6.07) is 19.7. The highest BCUT2D eigenvalue weighted by Crippen LogP contribution is 2.25. The van der Waals surface area contributed by atoms with Crippen molar-refractivity contribution in [2.24, 2.45) is 0 Å². The van der Waals surface area contributed by atoms with E-state index in [4.69, 9.17) is 0 Å². The van der Waals surface area contributed by atoms with Gasteiger partial charge in [0.05, 0.1) is 5.75 Å². The Morgan fingerprint density at radius 2 is 1.77 bits per heavy atom. The molecule has 3 nitrogen and oxygen atoms in total. The van der Waals surface area contributed by atoms with Crippen molar-refractivity contribution in [2.45, 2.75) is 31.2 Å². The molecule has 1 amide bonds. The summed E-state index contributed by atoms with van der Waals surface area (Å²) < 4.78 is 0. The second-order valence-electron chi connectivity index (χ2n) is 7.25. The van der Waals surface area contributed by atoms with Crippen LogP contribution in [0.2, 0.25) is 0 Å². The van der Waals surface area contributed by atoms with E-state index in [2.05, 4.69) is 58.3 Å². The standard InChI is InChI=1S/C22H26N2OS/c25-22(17-26-16-18-6-2-1-3-7-18)24-13-11-21(15-24)23-12-10-19-8-4-5-9-20(19)14-23/h1-9,21H,10-17H2. The maximum Gasteiger partial charge on any atom is 0.232 e. The van der Waals surface area contributed by atoms with Crippen LogP contribution in [-0.2, 0) is 23.5 Å². The number of carbonyl (C=O) groups excluding carboxylic acids is 1. The lowest BCUT2D eigenvalue weighted by Gasteiger charge is -2.33. The van der Waals surface area contributed by atoms with E-state index in [1.165, 1.54) is 16.7 Å². The molecular weight excluding hydrogens is 340 g/mol. The molecule has 1 atom stereocenters. The lowest BCUT2D eigenvalue weighted by atomic mass is 9.98. The highest BCUT2D eigenvalue weighted by atomic mass is 32.2. The summed E-state index contributed by atoms with van der Waals surface area (Å²) in [5, 5.41) is 0. The van der Waals surface area contributed by atoms with Crippen molar-refractivity contribution in [3.05, 3.63) is 71.3 Å². The summed E-state index contributed by atoms with van der Waals surface area (Å²) >= 11 is 1.72. The van der Waals surface area contributed by atoms with Crippen LogP contribution in [0.3, 0.4) is 0 Å². The minimum Gasteiger partial charge on any atom is -0.340 e. The number of amides is 1. The van der Waals surface area contributed by atoms with Crippen LogP contribution in [0.5, 0.6) is 0 Å². The Morgan fingerprint density at radius 1 is 1.00 bits per heavy atom. The lowest BCUT2D eigenvalue weighted by Crippen LogP contribution is -2.41. The van der Waals surface area contributed by atoms with Gasteiger partial charge in [-0.25, -0.2) is 0 Å². The van der Waals surface area contributed by atoms with Gasteiger partial charge in [-0.05, 0) is 29.5 Å². The number of thioether (sulfide) groups is 1. The fraction of sp³-hybridized carbons (Fsp3) is 0.409. The molecule has 4 heteroatoms. The largest absolute Gasteiger partial charge is 0.340 e. The first-order valence-corrected chi connectivity index (χ1v) is 10.7. The number of benzene rings is 2. The summed E-state index contributed by atoms with van der Waals surface area (Å²) in [4.78, 5) is 17.2. The quantitative estimate of drug-likeness (QED) is 0.808. The van der Waals surface area contributed by atoms with E-state index in [1.54, 1.807) is 11.8 Å². The Bertz CT molecular complexity index is 749. The third-order valence-corrected chi connectivity index (χ3v) is 6.52. The molecule has 2 heterocycles. The molecule has 2 aliphatic rings. The van der Waals surface area contributed by atoms with Crippen LogP contribution in [0.1, 0.15) is 23.1 Å². The van der Waals surface area contributed by atoms with Crippen molar-refractivity contribution in [2.75, 3.05) is 25.4 Å². The minimum absolute atomic E-state index is 0.297. The molecule has 0 radical (unpaired) electrons. The Labute approximate surface area is 160 Å². The van der Waals surface area contributed by atoms with Gasteiger partial charge in [-0.2, -0.15) is 0 Å². The third-order valence-electron chi connectivity index (χ3n) is 5.53. The smallest absolute Gasteiger partial charge is 0.232 e. The first-order valence-electron chi connectivity index (χ1n) is 9.50. The molecule has 2 aliphatic heterocycles. The van der Waals surface area contributed by atoms with Crippen LogP contribution in [0, 0.1) is 0 Å². The maximum atomic E-state index is 12.5. The first-order chi connectivity index (χ1) is 12.8. The number of nitrogens with zero attached hydrogens (tertiary/aromatic N) is 2. The number of hydrogen-bond donors (Lipinski definition) is 0. The van der Waals surface area contributed by atoms with Gasteiger partial charge in [0.15, 0.2) is 0 Å². The van der Waals surface area contributed by atoms with Gasteiger partial charge in [0.1, 0.15) is 0 Å². The van der Waals surface area contributed by atoms with E-state index in [9.17, 15) is 4.79 Å². The Balaban J connectivity index is 1.25. The van der Waals surface area contributed by atoms with Gasteiger partial charge in [0, 0.05) is 38.0 Å². The van der Waals surface area contributed by atoms with E-state index in [0.717, 1.165) is 44.8 Å². The molecule has 1 saturated heterocycles. The normalized spacial score (nSPS) is 20.2. The molecular formula is C22H26N2OS. The minimum atomic E-state index is 0.297. The average molecular weight is 367 g/mol. The number of carbonyl (C=O) groups is 1. The molecule has 136 valence electrons.